The first-order chi connectivity index (χ1) is 16.4. The molecule has 3 aromatic carbocycles. The van der Waals surface area contributed by atoms with Crippen molar-refractivity contribution in [2.75, 3.05) is 7.11 Å². The maximum atomic E-state index is 12.4. The highest BCUT2D eigenvalue weighted by Crippen LogP contribution is 2.31. The number of aliphatic imine (C=N–C) groups is 1. The van der Waals surface area contributed by atoms with E-state index in [4.69, 9.17) is 14.2 Å². The first kappa shape index (κ1) is 23.4. The van der Waals surface area contributed by atoms with E-state index in [1.54, 1.807) is 43.3 Å². The third-order valence-electron chi connectivity index (χ3n) is 5.11. The van der Waals surface area contributed by atoms with Crippen LogP contribution in [-0.4, -0.2) is 23.9 Å². The number of methoxy groups -OCH3 is 1. The number of carbonyl (C=O) groups excluding carboxylic acids is 1. The van der Waals surface area contributed by atoms with Gasteiger partial charge >= 0.3 is 5.97 Å². The third-order valence-corrected chi connectivity index (χ3v) is 6.16. The van der Waals surface area contributed by atoms with Gasteiger partial charge in [0.2, 0.25) is 5.90 Å². The molecule has 0 unspecified atom stereocenters. The fourth-order valence-corrected chi connectivity index (χ4v) is 3.84. The van der Waals surface area contributed by atoms with Gasteiger partial charge in [-0.2, -0.15) is 0 Å². The molecular formula is C25H19IN2O6. The summed E-state index contributed by atoms with van der Waals surface area (Å²) in [5.74, 6) is 0.444. The summed E-state index contributed by atoms with van der Waals surface area (Å²) in [4.78, 5) is 27.3. The number of aryl methyl sites for hydroxylation is 1. The lowest BCUT2D eigenvalue weighted by Crippen LogP contribution is -2.06. The van der Waals surface area contributed by atoms with Gasteiger partial charge in [-0.25, -0.2) is 9.79 Å². The minimum Gasteiger partial charge on any atom is -0.493 e. The topological polar surface area (TPSA) is 100 Å². The number of benzene rings is 3. The van der Waals surface area contributed by atoms with Crippen LogP contribution in [0.1, 0.15) is 22.3 Å². The van der Waals surface area contributed by atoms with Gasteiger partial charge < -0.3 is 14.2 Å². The molecule has 0 atom stereocenters. The fraction of sp³-hybridized carbons (Fsp3) is 0.120. The summed E-state index contributed by atoms with van der Waals surface area (Å²) >= 11 is 2.26. The Morgan fingerprint density at radius 2 is 1.91 bits per heavy atom. The SMILES string of the molecule is COc1cc(/C=C2\N=C(c3ccc(C)c([N+](=O)[O-])c3)OC2=O)ccc1OCc1ccccc1I. The van der Waals surface area contributed by atoms with E-state index in [1.807, 2.05) is 24.3 Å². The summed E-state index contributed by atoms with van der Waals surface area (Å²) in [6.07, 6.45) is 1.56. The Morgan fingerprint density at radius 3 is 2.65 bits per heavy atom. The highest BCUT2D eigenvalue weighted by atomic mass is 127. The Morgan fingerprint density at radius 1 is 1.12 bits per heavy atom. The van der Waals surface area contributed by atoms with Gasteiger partial charge in [-0.1, -0.05) is 30.3 Å². The van der Waals surface area contributed by atoms with Gasteiger partial charge in [-0.3, -0.25) is 10.1 Å². The lowest BCUT2D eigenvalue weighted by atomic mass is 10.1. The van der Waals surface area contributed by atoms with Crippen molar-refractivity contribution in [1.82, 2.24) is 0 Å². The quantitative estimate of drug-likeness (QED) is 0.123. The van der Waals surface area contributed by atoms with E-state index in [9.17, 15) is 14.9 Å². The van der Waals surface area contributed by atoms with Crippen LogP contribution in [0.4, 0.5) is 5.69 Å². The van der Waals surface area contributed by atoms with Gasteiger partial charge in [0.1, 0.15) is 6.61 Å². The summed E-state index contributed by atoms with van der Waals surface area (Å²) in [5, 5.41) is 11.2. The first-order valence-electron chi connectivity index (χ1n) is 10.2. The number of hydrogen-bond acceptors (Lipinski definition) is 7. The first-order valence-corrected chi connectivity index (χ1v) is 11.3. The minimum absolute atomic E-state index is 0.0173. The average molecular weight is 570 g/mol. The molecule has 0 fully saturated rings. The van der Waals surface area contributed by atoms with E-state index < -0.39 is 10.9 Å². The van der Waals surface area contributed by atoms with Gasteiger partial charge in [-0.05, 0) is 65.4 Å². The van der Waals surface area contributed by atoms with E-state index >= 15 is 0 Å². The highest BCUT2D eigenvalue weighted by Gasteiger charge is 2.26. The second-order valence-corrected chi connectivity index (χ2v) is 8.55. The van der Waals surface area contributed by atoms with E-state index in [1.165, 1.54) is 13.2 Å². The molecule has 0 aromatic heterocycles. The molecule has 172 valence electrons. The largest absolute Gasteiger partial charge is 0.493 e. The summed E-state index contributed by atoms with van der Waals surface area (Å²) < 4.78 is 17.7. The number of esters is 1. The number of halogens is 1. The van der Waals surface area contributed by atoms with Crippen LogP contribution in [0.2, 0.25) is 0 Å². The number of carbonyl (C=O) groups is 1. The lowest BCUT2D eigenvalue weighted by molar-refractivity contribution is -0.385. The van der Waals surface area contributed by atoms with Crippen molar-refractivity contribution in [3.8, 4) is 11.5 Å². The van der Waals surface area contributed by atoms with Crippen molar-refractivity contribution >= 4 is 46.2 Å². The maximum Gasteiger partial charge on any atom is 0.363 e. The molecular weight excluding hydrogens is 551 g/mol. The number of hydrogen-bond donors (Lipinski definition) is 0. The Hall–Kier alpha value is -3.73. The van der Waals surface area contributed by atoms with Crippen LogP contribution in [0.25, 0.3) is 6.08 Å². The Bertz CT molecular complexity index is 1350. The predicted molar refractivity (Wildman–Crippen MR) is 135 cm³/mol. The van der Waals surface area contributed by atoms with Crippen molar-refractivity contribution < 1.29 is 23.9 Å². The monoisotopic (exact) mass is 570 g/mol. The second kappa shape index (κ2) is 10.0. The molecule has 0 aliphatic carbocycles. The third kappa shape index (κ3) is 5.09. The Kier molecular flexibility index (Phi) is 6.92. The number of rotatable bonds is 7. The van der Waals surface area contributed by atoms with Crippen LogP contribution in [0.3, 0.4) is 0 Å². The van der Waals surface area contributed by atoms with Crippen molar-refractivity contribution in [2.45, 2.75) is 13.5 Å². The van der Waals surface area contributed by atoms with Gasteiger partial charge in [0.15, 0.2) is 17.2 Å². The van der Waals surface area contributed by atoms with Gasteiger partial charge in [0.25, 0.3) is 5.69 Å². The molecule has 0 saturated heterocycles. The van der Waals surface area contributed by atoms with Gasteiger partial charge in [-0.15, -0.1) is 0 Å². The zero-order valence-electron chi connectivity index (χ0n) is 18.3. The fourth-order valence-electron chi connectivity index (χ4n) is 3.29. The number of ether oxygens (including phenoxy) is 3. The second-order valence-electron chi connectivity index (χ2n) is 7.38. The molecule has 1 heterocycles. The van der Waals surface area contributed by atoms with Crippen LogP contribution in [0, 0.1) is 20.6 Å². The van der Waals surface area contributed by atoms with E-state index in [-0.39, 0.29) is 17.3 Å². The number of nitro benzene ring substituents is 1. The van der Waals surface area contributed by atoms with Crippen molar-refractivity contribution in [3.63, 3.8) is 0 Å². The molecule has 0 saturated carbocycles. The molecule has 0 amide bonds. The number of cyclic esters (lactones) is 1. The summed E-state index contributed by atoms with van der Waals surface area (Å²) in [6.45, 7) is 2.02. The molecule has 0 bridgehead atoms. The number of nitro groups is 1. The van der Waals surface area contributed by atoms with Crippen LogP contribution in [0.15, 0.2) is 71.4 Å². The molecule has 0 spiro atoms. The minimum atomic E-state index is -0.642. The molecule has 4 rings (SSSR count). The normalized spacial score (nSPS) is 14.0. The zero-order valence-corrected chi connectivity index (χ0v) is 20.4. The highest BCUT2D eigenvalue weighted by molar-refractivity contribution is 14.1. The molecule has 0 radical (unpaired) electrons. The van der Waals surface area contributed by atoms with E-state index in [0.29, 0.717) is 34.8 Å². The van der Waals surface area contributed by atoms with Crippen LogP contribution in [-0.2, 0) is 16.1 Å². The van der Waals surface area contributed by atoms with Crippen LogP contribution < -0.4 is 9.47 Å². The Labute approximate surface area is 209 Å². The zero-order chi connectivity index (χ0) is 24.2. The van der Waals surface area contributed by atoms with Crippen molar-refractivity contribution in [3.05, 3.63) is 102 Å². The molecule has 1 aliphatic rings. The predicted octanol–water partition coefficient (Wildman–Crippen LogP) is 5.44. The number of nitrogens with zero attached hydrogens (tertiary/aromatic N) is 2. The standard InChI is InChI=1S/C25H19IN2O6/c1-15-7-9-17(13-21(15)28(30)31)24-27-20(25(29)34-24)11-16-8-10-22(23(12-16)32-2)33-14-18-5-3-4-6-19(18)26/h3-13H,14H2,1-2H3/b20-11-. The van der Waals surface area contributed by atoms with Crippen LogP contribution in [0.5, 0.6) is 11.5 Å². The van der Waals surface area contributed by atoms with Gasteiger partial charge in [0, 0.05) is 26.3 Å². The molecule has 8 nitrogen and oxygen atoms in total. The average Bonchev–Trinajstić information content (AvgIpc) is 3.19. The van der Waals surface area contributed by atoms with Crippen molar-refractivity contribution in [2.24, 2.45) is 4.99 Å². The lowest BCUT2D eigenvalue weighted by Gasteiger charge is -2.12. The summed E-state index contributed by atoms with van der Waals surface area (Å²) in [6, 6.07) is 17.8. The molecule has 1 aliphatic heterocycles. The van der Waals surface area contributed by atoms with E-state index in [2.05, 4.69) is 27.6 Å². The van der Waals surface area contributed by atoms with E-state index in [0.717, 1.165) is 9.13 Å². The maximum absolute atomic E-state index is 12.4. The molecule has 0 N–H and O–H groups in total. The Balaban J connectivity index is 1.57. The van der Waals surface area contributed by atoms with Gasteiger partial charge in [0.05, 0.1) is 12.0 Å². The smallest absolute Gasteiger partial charge is 0.363 e. The molecule has 34 heavy (non-hydrogen) atoms. The summed E-state index contributed by atoms with van der Waals surface area (Å²) in [7, 11) is 1.54. The molecule has 3 aromatic rings. The molecule has 9 heteroatoms. The summed E-state index contributed by atoms with van der Waals surface area (Å²) in [5.41, 5.74) is 2.58. The van der Waals surface area contributed by atoms with Crippen LogP contribution >= 0.6 is 22.6 Å². The van der Waals surface area contributed by atoms with Crippen molar-refractivity contribution in [1.29, 1.82) is 0 Å².